The highest BCUT2D eigenvalue weighted by atomic mass is 15.3. The van der Waals surface area contributed by atoms with E-state index in [0.29, 0.717) is 6.04 Å². The van der Waals surface area contributed by atoms with E-state index in [1.807, 2.05) is 0 Å². The van der Waals surface area contributed by atoms with Crippen LogP contribution in [0.5, 0.6) is 0 Å². The Balaban J connectivity index is 1.41. The molecule has 2 heterocycles. The van der Waals surface area contributed by atoms with Crippen molar-refractivity contribution in [1.82, 2.24) is 9.97 Å². The molecular weight excluding hydrogens is 346 g/mol. The van der Waals surface area contributed by atoms with Crippen LogP contribution >= 0.6 is 0 Å². The molecular formula is C23H33N5. The first-order chi connectivity index (χ1) is 13.7. The van der Waals surface area contributed by atoms with Crippen molar-refractivity contribution in [1.29, 1.82) is 0 Å². The quantitative estimate of drug-likeness (QED) is 0.789. The SMILES string of the molecule is Cc1cccc(N2CCN(c3nc(C)cc(NC4CCCCCC4)n3)CC2)c1. The zero-order chi connectivity index (χ0) is 19.3. The number of hydrogen-bond donors (Lipinski definition) is 1. The van der Waals surface area contributed by atoms with Crippen LogP contribution in [0.2, 0.25) is 0 Å². The van der Waals surface area contributed by atoms with Gasteiger partial charge in [0.1, 0.15) is 5.82 Å². The highest BCUT2D eigenvalue weighted by Gasteiger charge is 2.21. The summed E-state index contributed by atoms with van der Waals surface area (Å²) in [5, 5.41) is 3.69. The average Bonchev–Trinajstić information content (AvgIpc) is 2.96. The Labute approximate surface area is 169 Å². The molecule has 0 unspecified atom stereocenters. The second kappa shape index (κ2) is 8.80. The third kappa shape index (κ3) is 4.75. The molecule has 2 aromatic rings. The van der Waals surface area contributed by atoms with Crippen LogP contribution in [0.25, 0.3) is 0 Å². The highest BCUT2D eigenvalue weighted by molar-refractivity contribution is 5.51. The molecule has 1 aromatic heterocycles. The van der Waals surface area contributed by atoms with E-state index in [1.54, 1.807) is 0 Å². The zero-order valence-corrected chi connectivity index (χ0v) is 17.3. The van der Waals surface area contributed by atoms with Crippen LogP contribution in [0.1, 0.15) is 49.8 Å². The van der Waals surface area contributed by atoms with Gasteiger partial charge in [-0.25, -0.2) is 4.98 Å². The molecule has 2 aliphatic rings. The molecule has 1 saturated carbocycles. The van der Waals surface area contributed by atoms with Gasteiger partial charge >= 0.3 is 0 Å². The lowest BCUT2D eigenvalue weighted by atomic mass is 10.1. The van der Waals surface area contributed by atoms with Crippen molar-refractivity contribution in [3.05, 3.63) is 41.6 Å². The number of nitrogens with one attached hydrogen (secondary N) is 1. The van der Waals surface area contributed by atoms with Gasteiger partial charge in [-0.1, -0.05) is 37.8 Å². The third-order valence-electron chi connectivity index (χ3n) is 5.98. The first-order valence-electron chi connectivity index (χ1n) is 10.9. The van der Waals surface area contributed by atoms with E-state index in [4.69, 9.17) is 9.97 Å². The smallest absolute Gasteiger partial charge is 0.227 e. The molecule has 28 heavy (non-hydrogen) atoms. The van der Waals surface area contributed by atoms with Crippen molar-refractivity contribution in [3.8, 4) is 0 Å². The van der Waals surface area contributed by atoms with E-state index < -0.39 is 0 Å². The number of aromatic nitrogens is 2. The fraction of sp³-hybridized carbons (Fsp3) is 0.565. The Morgan fingerprint density at radius 2 is 1.57 bits per heavy atom. The van der Waals surface area contributed by atoms with Gasteiger partial charge in [-0.3, -0.25) is 0 Å². The largest absolute Gasteiger partial charge is 0.368 e. The van der Waals surface area contributed by atoms with E-state index >= 15 is 0 Å². The van der Waals surface area contributed by atoms with Crippen LogP contribution in [-0.2, 0) is 0 Å². The molecule has 1 saturated heterocycles. The summed E-state index contributed by atoms with van der Waals surface area (Å²) >= 11 is 0. The molecule has 2 fully saturated rings. The second-order valence-corrected chi connectivity index (χ2v) is 8.34. The van der Waals surface area contributed by atoms with Gasteiger partial charge in [-0.05, 0) is 44.4 Å². The molecule has 4 rings (SSSR count). The van der Waals surface area contributed by atoms with Crippen molar-refractivity contribution in [2.75, 3.05) is 41.3 Å². The third-order valence-corrected chi connectivity index (χ3v) is 5.98. The lowest BCUT2D eigenvalue weighted by Crippen LogP contribution is -2.47. The molecule has 1 aliphatic carbocycles. The molecule has 5 heteroatoms. The van der Waals surface area contributed by atoms with Crippen LogP contribution in [0.3, 0.4) is 0 Å². The van der Waals surface area contributed by atoms with Crippen LogP contribution in [0.15, 0.2) is 30.3 Å². The minimum absolute atomic E-state index is 0.558. The molecule has 150 valence electrons. The van der Waals surface area contributed by atoms with Crippen LogP contribution in [-0.4, -0.2) is 42.2 Å². The molecule has 1 aliphatic heterocycles. The maximum Gasteiger partial charge on any atom is 0.227 e. The second-order valence-electron chi connectivity index (χ2n) is 8.34. The number of aryl methyl sites for hydroxylation is 2. The minimum Gasteiger partial charge on any atom is -0.368 e. The first kappa shape index (κ1) is 19.0. The molecule has 0 atom stereocenters. The van der Waals surface area contributed by atoms with Crippen molar-refractivity contribution < 1.29 is 0 Å². The summed E-state index contributed by atoms with van der Waals surface area (Å²) in [6.07, 6.45) is 7.92. The number of anilines is 3. The van der Waals surface area contributed by atoms with E-state index in [2.05, 4.69) is 59.3 Å². The number of benzene rings is 1. The monoisotopic (exact) mass is 379 g/mol. The molecule has 5 nitrogen and oxygen atoms in total. The Hall–Kier alpha value is -2.30. The summed E-state index contributed by atoms with van der Waals surface area (Å²) in [5.41, 5.74) is 3.68. The van der Waals surface area contributed by atoms with Crippen molar-refractivity contribution in [3.63, 3.8) is 0 Å². The number of rotatable bonds is 4. The van der Waals surface area contributed by atoms with Gasteiger partial charge in [0.2, 0.25) is 5.95 Å². The summed E-state index contributed by atoms with van der Waals surface area (Å²) < 4.78 is 0. The molecule has 1 aromatic carbocycles. The van der Waals surface area contributed by atoms with E-state index in [-0.39, 0.29) is 0 Å². The first-order valence-corrected chi connectivity index (χ1v) is 10.9. The summed E-state index contributed by atoms with van der Waals surface area (Å²) in [5.74, 6) is 1.87. The van der Waals surface area contributed by atoms with Gasteiger partial charge < -0.3 is 15.1 Å². The average molecular weight is 380 g/mol. The lowest BCUT2D eigenvalue weighted by molar-refractivity contribution is 0.614. The molecule has 0 amide bonds. The van der Waals surface area contributed by atoms with Crippen molar-refractivity contribution >= 4 is 17.5 Å². The molecule has 0 radical (unpaired) electrons. The van der Waals surface area contributed by atoms with Gasteiger partial charge in [0.15, 0.2) is 0 Å². The molecule has 0 spiro atoms. The topological polar surface area (TPSA) is 44.3 Å². The fourth-order valence-corrected chi connectivity index (χ4v) is 4.39. The molecule has 0 bridgehead atoms. The Bertz CT molecular complexity index is 774. The number of nitrogens with zero attached hydrogens (tertiary/aromatic N) is 4. The molecule has 1 N–H and O–H groups in total. The maximum atomic E-state index is 4.88. The summed E-state index contributed by atoms with van der Waals surface area (Å²) in [7, 11) is 0. The van der Waals surface area contributed by atoms with E-state index in [1.165, 1.54) is 49.8 Å². The predicted octanol–water partition coefficient (Wildman–Crippen LogP) is 4.55. The Morgan fingerprint density at radius 1 is 0.857 bits per heavy atom. The maximum absolute atomic E-state index is 4.88. The Morgan fingerprint density at radius 3 is 2.29 bits per heavy atom. The van der Waals surface area contributed by atoms with Gasteiger partial charge in [0.25, 0.3) is 0 Å². The fourth-order valence-electron chi connectivity index (χ4n) is 4.39. The van der Waals surface area contributed by atoms with Crippen LogP contribution in [0, 0.1) is 13.8 Å². The summed E-state index contributed by atoms with van der Waals surface area (Å²) in [6, 6.07) is 11.4. The predicted molar refractivity (Wildman–Crippen MR) is 117 cm³/mol. The lowest BCUT2D eigenvalue weighted by Gasteiger charge is -2.36. The number of hydrogen-bond acceptors (Lipinski definition) is 5. The number of piperazine rings is 1. The van der Waals surface area contributed by atoms with Crippen LogP contribution < -0.4 is 15.1 Å². The zero-order valence-electron chi connectivity index (χ0n) is 17.3. The minimum atomic E-state index is 0.558. The standard InChI is InChI=1S/C23H33N5/c1-18-8-7-11-21(16-18)27-12-14-28(15-13-27)23-24-19(2)17-22(26-23)25-20-9-5-3-4-6-10-20/h7-8,11,16-17,20H,3-6,9-10,12-15H2,1-2H3,(H,24,25,26). The summed E-state index contributed by atoms with van der Waals surface area (Å²) in [4.78, 5) is 14.4. The Kier molecular flexibility index (Phi) is 5.98. The van der Waals surface area contributed by atoms with Crippen molar-refractivity contribution in [2.24, 2.45) is 0 Å². The van der Waals surface area contributed by atoms with Gasteiger partial charge in [-0.2, -0.15) is 4.98 Å². The van der Waals surface area contributed by atoms with Crippen LogP contribution in [0.4, 0.5) is 17.5 Å². The van der Waals surface area contributed by atoms with Gasteiger partial charge in [-0.15, -0.1) is 0 Å². The van der Waals surface area contributed by atoms with E-state index in [0.717, 1.165) is 43.6 Å². The van der Waals surface area contributed by atoms with E-state index in [9.17, 15) is 0 Å². The van der Waals surface area contributed by atoms with Crippen molar-refractivity contribution in [2.45, 2.75) is 58.4 Å². The highest BCUT2D eigenvalue weighted by Crippen LogP contribution is 2.23. The summed E-state index contributed by atoms with van der Waals surface area (Å²) in [6.45, 7) is 8.16. The van der Waals surface area contributed by atoms with Gasteiger partial charge in [0.05, 0.1) is 0 Å². The normalized spacial score (nSPS) is 18.8. The van der Waals surface area contributed by atoms with Gasteiger partial charge in [0, 0.05) is 49.7 Å².